The maximum absolute atomic E-state index is 12.6. The zero-order valence-corrected chi connectivity index (χ0v) is 17.8. The second-order valence-corrected chi connectivity index (χ2v) is 8.90. The molecule has 0 saturated carbocycles. The number of amides is 1. The number of halogens is 1. The quantitative estimate of drug-likeness (QED) is 0.631. The molecular weight excluding hydrogens is 469 g/mol. The number of ether oxygens (including phenoxy) is 2. The largest absolute Gasteiger partial charge is 0.493 e. The molecule has 0 bridgehead atoms. The first-order valence-corrected chi connectivity index (χ1v) is 10.7. The molecular formula is C18H20INO5S. The Hall–Kier alpha value is -1.81. The molecule has 8 heteroatoms. The summed E-state index contributed by atoms with van der Waals surface area (Å²) in [6.45, 7) is 1.83. The van der Waals surface area contributed by atoms with Gasteiger partial charge in [0, 0.05) is 9.83 Å². The molecule has 6 nitrogen and oxygen atoms in total. The van der Waals surface area contributed by atoms with Crippen molar-refractivity contribution in [3.8, 4) is 11.5 Å². The van der Waals surface area contributed by atoms with Crippen molar-refractivity contribution in [1.29, 1.82) is 0 Å². The molecule has 140 valence electrons. The van der Waals surface area contributed by atoms with Gasteiger partial charge in [-0.2, -0.15) is 0 Å². The molecule has 1 amide bonds. The summed E-state index contributed by atoms with van der Waals surface area (Å²) in [6, 6.07) is 9.54. The molecule has 1 unspecified atom stereocenters. The van der Waals surface area contributed by atoms with Gasteiger partial charge in [-0.1, -0.05) is 12.1 Å². The minimum Gasteiger partial charge on any atom is -0.493 e. The third kappa shape index (κ3) is 4.67. The molecule has 1 atom stereocenters. The zero-order chi connectivity index (χ0) is 19.5. The Morgan fingerprint density at radius 1 is 1.08 bits per heavy atom. The summed E-state index contributed by atoms with van der Waals surface area (Å²) >= 11 is 2.07. The number of carbonyl (C=O) groups is 1. The van der Waals surface area contributed by atoms with Crippen molar-refractivity contribution in [2.75, 3.05) is 20.5 Å². The Kier molecular flexibility index (Phi) is 6.51. The lowest BCUT2D eigenvalue weighted by atomic mass is 10.1. The summed E-state index contributed by atoms with van der Waals surface area (Å²) in [5, 5.41) is 2.91. The van der Waals surface area contributed by atoms with Crippen molar-refractivity contribution in [3.05, 3.63) is 51.1 Å². The van der Waals surface area contributed by atoms with Crippen LogP contribution in [0.3, 0.4) is 0 Å². The minimum atomic E-state index is -3.25. The van der Waals surface area contributed by atoms with E-state index in [9.17, 15) is 13.2 Å². The summed E-state index contributed by atoms with van der Waals surface area (Å²) in [6.07, 6.45) is 1.16. The van der Waals surface area contributed by atoms with Crippen LogP contribution in [0.5, 0.6) is 11.5 Å². The van der Waals surface area contributed by atoms with Gasteiger partial charge in [-0.15, -0.1) is 0 Å². The highest BCUT2D eigenvalue weighted by molar-refractivity contribution is 14.1. The molecule has 2 rings (SSSR count). The Bertz CT molecular complexity index is 910. The van der Waals surface area contributed by atoms with E-state index in [-0.39, 0.29) is 16.8 Å². The maximum Gasteiger partial charge on any atom is 0.252 e. The van der Waals surface area contributed by atoms with Gasteiger partial charge in [0.2, 0.25) is 0 Å². The molecule has 0 heterocycles. The van der Waals surface area contributed by atoms with Crippen molar-refractivity contribution >= 4 is 38.3 Å². The lowest BCUT2D eigenvalue weighted by Crippen LogP contribution is -2.27. The van der Waals surface area contributed by atoms with Crippen LogP contribution < -0.4 is 14.8 Å². The highest BCUT2D eigenvalue weighted by Gasteiger charge is 2.18. The van der Waals surface area contributed by atoms with E-state index < -0.39 is 9.84 Å². The van der Waals surface area contributed by atoms with Crippen LogP contribution in [0.1, 0.15) is 28.9 Å². The molecule has 0 saturated heterocycles. The van der Waals surface area contributed by atoms with Gasteiger partial charge >= 0.3 is 0 Å². The van der Waals surface area contributed by atoms with Gasteiger partial charge in [-0.3, -0.25) is 4.79 Å². The van der Waals surface area contributed by atoms with Crippen LogP contribution in [0.2, 0.25) is 0 Å². The average molecular weight is 489 g/mol. The van der Waals surface area contributed by atoms with Gasteiger partial charge in [0.15, 0.2) is 21.3 Å². The molecule has 0 spiro atoms. The molecule has 1 N–H and O–H groups in total. The van der Waals surface area contributed by atoms with E-state index >= 15 is 0 Å². The second-order valence-electron chi connectivity index (χ2n) is 5.72. The number of rotatable bonds is 6. The summed E-state index contributed by atoms with van der Waals surface area (Å²) in [4.78, 5) is 12.9. The van der Waals surface area contributed by atoms with Gasteiger partial charge in [-0.05, 0) is 59.3 Å². The topological polar surface area (TPSA) is 81.7 Å². The lowest BCUT2D eigenvalue weighted by molar-refractivity contribution is 0.0938. The lowest BCUT2D eigenvalue weighted by Gasteiger charge is -2.17. The fourth-order valence-corrected chi connectivity index (χ4v) is 3.70. The molecule has 0 aliphatic heterocycles. The first-order chi connectivity index (χ1) is 12.2. The van der Waals surface area contributed by atoms with Crippen LogP contribution in [0.25, 0.3) is 0 Å². The predicted octanol–water partition coefficient (Wildman–Crippen LogP) is 3.20. The first-order valence-electron chi connectivity index (χ1n) is 7.69. The van der Waals surface area contributed by atoms with E-state index in [0.29, 0.717) is 17.1 Å². The Labute approximate surface area is 167 Å². The highest BCUT2D eigenvalue weighted by Crippen LogP contribution is 2.31. The number of hydrogen-bond donors (Lipinski definition) is 1. The van der Waals surface area contributed by atoms with Gasteiger partial charge < -0.3 is 14.8 Å². The molecule has 0 fully saturated rings. The molecule has 2 aromatic carbocycles. The Morgan fingerprint density at radius 3 is 2.12 bits per heavy atom. The summed E-state index contributed by atoms with van der Waals surface area (Å²) in [5.41, 5.74) is 1.28. The van der Waals surface area contributed by atoms with Gasteiger partial charge in [0.25, 0.3) is 5.91 Å². The van der Waals surface area contributed by atoms with E-state index in [0.717, 1.165) is 15.4 Å². The van der Waals surface area contributed by atoms with Crippen LogP contribution in [-0.2, 0) is 9.84 Å². The number of methoxy groups -OCH3 is 2. The SMILES string of the molecule is COc1cc(I)c(C(=O)NC(C)c2ccc(S(C)(=O)=O)cc2)cc1OC. The highest BCUT2D eigenvalue weighted by atomic mass is 127. The third-order valence-corrected chi connectivity index (χ3v) is 5.89. The Morgan fingerprint density at radius 2 is 1.62 bits per heavy atom. The fraction of sp³-hybridized carbons (Fsp3) is 0.278. The molecule has 0 aliphatic carbocycles. The normalized spacial score (nSPS) is 12.3. The van der Waals surface area contributed by atoms with Crippen LogP contribution in [0.15, 0.2) is 41.3 Å². The number of sulfone groups is 1. The van der Waals surface area contributed by atoms with Gasteiger partial charge in [-0.25, -0.2) is 8.42 Å². The number of benzene rings is 2. The van der Waals surface area contributed by atoms with E-state index in [4.69, 9.17) is 9.47 Å². The maximum atomic E-state index is 12.6. The zero-order valence-electron chi connectivity index (χ0n) is 14.9. The predicted molar refractivity (Wildman–Crippen MR) is 108 cm³/mol. The standard InChI is InChI=1S/C18H20INO5S/c1-11(12-5-7-13(8-6-12)26(4,22)23)20-18(21)14-9-16(24-2)17(25-3)10-15(14)19/h5-11H,1-4H3,(H,20,21). The second kappa shape index (κ2) is 8.26. The van der Waals surface area contributed by atoms with Crippen LogP contribution in [-0.4, -0.2) is 34.8 Å². The van der Waals surface area contributed by atoms with Crippen LogP contribution >= 0.6 is 22.6 Å². The van der Waals surface area contributed by atoms with Crippen LogP contribution in [0.4, 0.5) is 0 Å². The summed E-state index contributed by atoms with van der Waals surface area (Å²) < 4.78 is 34.3. The number of hydrogen-bond acceptors (Lipinski definition) is 5. The van der Waals surface area contributed by atoms with Crippen molar-refractivity contribution < 1.29 is 22.7 Å². The molecule has 0 radical (unpaired) electrons. The summed E-state index contributed by atoms with van der Waals surface area (Å²) in [5.74, 6) is 0.774. The average Bonchev–Trinajstić information content (AvgIpc) is 2.60. The smallest absolute Gasteiger partial charge is 0.252 e. The molecule has 0 aromatic heterocycles. The third-order valence-electron chi connectivity index (χ3n) is 3.87. The minimum absolute atomic E-state index is 0.245. The van der Waals surface area contributed by atoms with E-state index in [1.165, 1.54) is 26.4 Å². The van der Waals surface area contributed by atoms with Gasteiger partial charge in [0.1, 0.15) is 0 Å². The molecule has 2 aromatic rings. The Balaban J connectivity index is 2.21. The number of carbonyl (C=O) groups excluding carboxylic acids is 1. The molecule has 26 heavy (non-hydrogen) atoms. The van der Waals surface area contributed by atoms with E-state index in [1.807, 2.05) is 6.92 Å². The van der Waals surface area contributed by atoms with Crippen molar-refractivity contribution in [3.63, 3.8) is 0 Å². The van der Waals surface area contributed by atoms with Crippen LogP contribution in [0, 0.1) is 3.57 Å². The van der Waals surface area contributed by atoms with Gasteiger partial charge in [0.05, 0.1) is 30.7 Å². The molecule has 0 aliphatic rings. The van der Waals surface area contributed by atoms with Crippen molar-refractivity contribution in [2.24, 2.45) is 0 Å². The van der Waals surface area contributed by atoms with Crippen molar-refractivity contribution in [2.45, 2.75) is 17.9 Å². The first kappa shape index (κ1) is 20.5. The summed E-state index contributed by atoms with van der Waals surface area (Å²) in [7, 11) is -0.195. The fourth-order valence-electron chi connectivity index (χ4n) is 2.39. The van der Waals surface area contributed by atoms with Crippen molar-refractivity contribution in [1.82, 2.24) is 5.32 Å². The van der Waals surface area contributed by atoms with E-state index in [2.05, 4.69) is 27.9 Å². The number of nitrogens with one attached hydrogen (secondary N) is 1. The monoisotopic (exact) mass is 489 g/mol. The van der Waals surface area contributed by atoms with E-state index in [1.54, 1.807) is 24.3 Å².